The number of benzene rings is 1. The van der Waals surface area contributed by atoms with E-state index in [4.69, 9.17) is 4.42 Å². The molecule has 0 atom stereocenters. The van der Waals surface area contributed by atoms with Crippen molar-refractivity contribution >= 4 is 22.4 Å². The van der Waals surface area contributed by atoms with Gasteiger partial charge in [-0.2, -0.15) is 0 Å². The van der Waals surface area contributed by atoms with E-state index in [1.54, 1.807) is 13.1 Å². The van der Waals surface area contributed by atoms with Crippen LogP contribution in [0.1, 0.15) is 21.1 Å². The Morgan fingerprint density at radius 3 is 2.67 bits per heavy atom. The summed E-state index contributed by atoms with van der Waals surface area (Å²) in [6.07, 6.45) is 1.71. The van der Waals surface area contributed by atoms with Crippen LogP contribution in [0, 0.1) is 13.8 Å². The number of carbonyl (C=O) groups is 1. The Balaban J connectivity index is 1.86. The maximum atomic E-state index is 12.2. The third-order valence-corrected chi connectivity index (χ3v) is 3.70. The molecular formula is C15H13N3O2S. The number of anilines is 1. The maximum Gasteiger partial charge on any atom is 0.279 e. The van der Waals surface area contributed by atoms with Crippen molar-refractivity contribution in [2.75, 3.05) is 5.32 Å². The van der Waals surface area contributed by atoms with Crippen molar-refractivity contribution in [2.24, 2.45) is 0 Å². The van der Waals surface area contributed by atoms with Gasteiger partial charge in [-0.05, 0) is 26.0 Å². The monoisotopic (exact) mass is 299 g/mol. The van der Waals surface area contributed by atoms with Crippen molar-refractivity contribution < 1.29 is 9.21 Å². The van der Waals surface area contributed by atoms with Crippen LogP contribution in [0.3, 0.4) is 0 Å². The van der Waals surface area contributed by atoms with Gasteiger partial charge < -0.3 is 4.42 Å². The maximum absolute atomic E-state index is 12.2. The molecule has 2 aromatic heterocycles. The summed E-state index contributed by atoms with van der Waals surface area (Å²) < 4.78 is 5.58. The molecule has 2 heterocycles. The largest absolute Gasteiger partial charge is 0.441 e. The van der Waals surface area contributed by atoms with Crippen LogP contribution < -0.4 is 5.32 Å². The minimum absolute atomic E-state index is 0.279. The van der Waals surface area contributed by atoms with Crippen LogP contribution in [0.25, 0.3) is 11.5 Å². The lowest BCUT2D eigenvalue weighted by Gasteiger charge is -1.97. The van der Waals surface area contributed by atoms with E-state index in [2.05, 4.69) is 15.3 Å². The summed E-state index contributed by atoms with van der Waals surface area (Å²) in [6.45, 7) is 3.66. The Morgan fingerprint density at radius 2 is 2.00 bits per heavy atom. The van der Waals surface area contributed by atoms with Crippen molar-refractivity contribution in [2.45, 2.75) is 13.8 Å². The lowest BCUT2D eigenvalue weighted by molar-refractivity contribution is 0.102. The first kappa shape index (κ1) is 13.5. The smallest absolute Gasteiger partial charge is 0.279 e. The molecule has 0 spiro atoms. The number of oxazole rings is 1. The molecule has 0 saturated carbocycles. The number of hydrogen-bond donors (Lipinski definition) is 1. The predicted octanol–water partition coefficient (Wildman–Crippen LogP) is 3.67. The van der Waals surface area contributed by atoms with Crippen molar-refractivity contribution in [3.8, 4) is 11.5 Å². The van der Waals surface area contributed by atoms with Crippen LogP contribution in [0.4, 0.5) is 5.13 Å². The van der Waals surface area contributed by atoms with E-state index in [0.717, 1.165) is 10.4 Å². The molecular weight excluding hydrogens is 286 g/mol. The molecule has 3 rings (SSSR count). The quantitative estimate of drug-likeness (QED) is 0.801. The molecule has 0 saturated heterocycles. The fraction of sp³-hybridized carbons (Fsp3) is 0.133. The van der Waals surface area contributed by atoms with Crippen molar-refractivity contribution in [3.63, 3.8) is 0 Å². The molecule has 0 aliphatic carbocycles. The summed E-state index contributed by atoms with van der Waals surface area (Å²) in [4.78, 5) is 21.6. The number of hydrogen-bond acceptors (Lipinski definition) is 5. The van der Waals surface area contributed by atoms with E-state index in [-0.39, 0.29) is 11.6 Å². The van der Waals surface area contributed by atoms with Gasteiger partial charge in [0.05, 0.1) is 0 Å². The van der Waals surface area contributed by atoms with Gasteiger partial charge in [0.1, 0.15) is 5.76 Å². The van der Waals surface area contributed by atoms with Crippen LogP contribution in [0.15, 0.2) is 40.9 Å². The Morgan fingerprint density at radius 1 is 1.24 bits per heavy atom. The van der Waals surface area contributed by atoms with E-state index in [1.165, 1.54) is 11.3 Å². The number of amides is 1. The highest BCUT2D eigenvalue weighted by Gasteiger charge is 2.18. The number of nitrogens with one attached hydrogen (secondary N) is 1. The predicted molar refractivity (Wildman–Crippen MR) is 81.5 cm³/mol. The first-order valence-corrected chi connectivity index (χ1v) is 7.22. The molecule has 3 aromatic rings. The summed E-state index contributed by atoms with van der Waals surface area (Å²) >= 11 is 1.42. The van der Waals surface area contributed by atoms with Gasteiger partial charge in [-0.25, -0.2) is 9.97 Å². The van der Waals surface area contributed by atoms with E-state index in [0.29, 0.717) is 16.8 Å². The fourth-order valence-electron chi connectivity index (χ4n) is 1.88. The number of aryl methyl sites for hydroxylation is 2. The molecule has 5 nitrogen and oxygen atoms in total. The minimum Gasteiger partial charge on any atom is -0.441 e. The first-order valence-electron chi connectivity index (χ1n) is 6.40. The highest BCUT2D eigenvalue weighted by atomic mass is 32.1. The van der Waals surface area contributed by atoms with Crippen LogP contribution >= 0.6 is 11.3 Å². The third-order valence-electron chi connectivity index (χ3n) is 2.87. The highest BCUT2D eigenvalue weighted by molar-refractivity contribution is 7.15. The van der Waals surface area contributed by atoms with Gasteiger partial charge in [-0.15, -0.1) is 11.3 Å². The molecule has 0 aliphatic rings. The van der Waals surface area contributed by atoms with Crippen molar-refractivity contribution in [3.05, 3.63) is 52.9 Å². The number of carbonyl (C=O) groups excluding carboxylic acids is 1. The molecule has 106 valence electrons. The topological polar surface area (TPSA) is 68.0 Å². The van der Waals surface area contributed by atoms with E-state index < -0.39 is 0 Å². The SMILES string of the molecule is Cc1cnc(NC(=O)c2nc(-c3ccccc3)oc2C)s1. The van der Waals surface area contributed by atoms with Gasteiger partial charge in [-0.3, -0.25) is 10.1 Å². The molecule has 21 heavy (non-hydrogen) atoms. The Labute approximate surface area is 125 Å². The van der Waals surface area contributed by atoms with Crippen LogP contribution in [0.2, 0.25) is 0 Å². The average molecular weight is 299 g/mol. The normalized spacial score (nSPS) is 10.6. The molecule has 1 amide bonds. The Kier molecular flexibility index (Phi) is 3.53. The van der Waals surface area contributed by atoms with Gasteiger partial charge in [-0.1, -0.05) is 18.2 Å². The van der Waals surface area contributed by atoms with E-state index >= 15 is 0 Å². The van der Waals surface area contributed by atoms with Crippen molar-refractivity contribution in [1.29, 1.82) is 0 Å². The summed E-state index contributed by atoms with van der Waals surface area (Å²) in [6, 6.07) is 9.48. The molecule has 1 N–H and O–H groups in total. The molecule has 0 bridgehead atoms. The zero-order valence-corrected chi connectivity index (χ0v) is 12.4. The second-order valence-corrected chi connectivity index (χ2v) is 5.75. The van der Waals surface area contributed by atoms with Crippen molar-refractivity contribution in [1.82, 2.24) is 9.97 Å². The Bertz CT molecular complexity index is 777. The number of nitrogens with zero attached hydrogens (tertiary/aromatic N) is 2. The zero-order valence-electron chi connectivity index (χ0n) is 11.6. The zero-order chi connectivity index (χ0) is 14.8. The second kappa shape index (κ2) is 5.49. The molecule has 0 radical (unpaired) electrons. The van der Waals surface area contributed by atoms with Crippen LogP contribution in [-0.4, -0.2) is 15.9 Å². The van der Waals surface area contributed by atoms with Gasteiger partial charge in [0.25, 0.3) is 5.91 Å². The van der Waals surface area contributed by atoms with E-state index in [9.17, 15) is 4.79 Å². The number of aromatic nitrogens is 2. The first-order chi connectivity index (χ1) is 10.1. The molecule has 6 heteroatoms. The lowest BCUT2D eigenvalue weighted by Crippen LogP contribution is -2.13. The van der Waals surface area contributed by atoms with Crippen LogP contribution in [-0.2, 0) is 0 Å². The van der Waals surface area contributed by atoms with Gasteiger partial charge in [0, 0.05) is 16.6 Å². The van der Waals surface area contributed by atoms with E-state index in [1.807, 2.05) is 37.3 Å². The highest BCUT2D eigenvalue weighted by Crippen LogP contribution is 2.23. The van der Waals surface area contributed by atoms with Gasteiger partial charge in [0.2, 0.25) is 5.89 Å². The molecule has 0 fully saturated rings. The summed E-state index contributed by atoms with van der Waals surface area (Å²) in [5.74, 6) is 0.612. The molecule has 0 unspecified atom stereocenters. The standard InChI is InChI=1S/C15H13N3O2S/c1-9-8-16-15(21-9)18-13(19)12-10(2)20-14(17-12)11-6-4-3-5-7-11/h3-8H,1-2H3,(H,16,18,19). The average Bonchev–Trinajstić information content (AvgIpc) is 3.06. The molecule has 0 aliphatic heterocycles. The Hall–Kier alpha value is -2.47. The summed E-state index contributed by atoms with van der Waals surface area (Å²) in [7, 11) is 0. The summed E-state index contributed by atoms with van der Waals surface area (Å²) in [5.41, 5.74) is 1.12. The number of thiazole rings is 1. The van der Waals surface area contributed by atoms with Gasteiger partial charge >= 0.3 is 0 Å². The number of rotatable bonds is 3. The minimum atomic E-state index is -0.312. The second-order valence-electron chi connectivity index (χ2n) is 4.52. The fourth-order valence-corrected chi connectivity index (χ4v) is 2.54. The molecule has 1 aromatic carbocycles. The van der Waals surface area contributed by atoms with Crippen LogP contribution in [0.5, 0.6) is 0 Å². The lowest BCUT2D eigenvalue weighted by atomic mass is 10.2. The third kappa shape index (κ3) is 2.85. The summed E-state index contributed by atoms with van der Waals surface area (Å²) in [5, 5.41) is 3.29. The van der Waals surface area contributed by atoms with Gasteiger partial charge in [0.15, 0.2) is 10.8 Å².